The summed E-state index contributed by atoms with van der Waals surface area (Å²) in [4.78, 5) is 14.7. The maximum atomic E-state index is 12.3. The molecule has 4 heteroatoms. The highest BCUT2D eigenvalue weighted by Crippen LogP contribution is 2.48. The lowest BCUT2D eigenvalue weighted by Crippen LogP contribution is -2.40. The van der Waals surface area contributed by atoms with Crippen LogP contribution in [0.5, 0.6) is 0 Å². The fourth-order valence-corrected chi connectivity index (χ4v) is 3.50. The van der Waals surface area contributed by atoms with Crippen LogP contribution in [0.2, 0.25) is 0 Å². The summed E-state index contributed by atoms with van der Waals surface area (Å²) >= 11 is 4.95. The van der Waals surface area contributed by atoms with Crippen molar-refractivity contribution >= 4 is 23.1 Å². The predicted molar refractivity (Wildman–Crippen MR) is 72.5 cm³/mol. The van der Waals surface area contributed by atoms with Crippen LogP contribution in [0.1, 0.15) is 32.6 Å². The molecule has 2 fully saturated rings. The number of carbonyl (C=O) groups is 1. The van der Waals surface area contributed by atoms with Gasteiger partial charge in [0.05, 0.1) is 4.99 Å². The largest absolute Gasteiger partial charge is 0.393 e. The van der Waals surface area contributed by atoms with Gasteiger partial charge in [0, 0.05) is 25.4 Å². The van der Waals surface area contributed by atoms with E-state index in [2.05, 4.69) is 0 Å². The van der Waals surface area contributed by atoms with Crippen molar-refractivity contribution < 1.29 is 4.79 Å². The van der Waals surface area contributed by atoms with Crippen LogP contribution in [0, 0.1) is 23.7 Å². The minimum absolute atomic E-state index is 0.109. The van der Waals surface area contributed by atoms with E-state index in [4.69, 9.17) is 18.0 Å². The number of nitrogens with two attached hydrogens (primary N) is 1. The summed E-state index contributed by atoms with van der Waals surface area (Å²) in [6.45, 7) is 2.63. The van der Waals surface area contributed by atoms with E-state index in [1.165, 1.54) is 19.3 Å². The molecule has 1 amide bonds. The van der Waals surface area contributed by atoms with Crippen LogP contribution in [0.3, 0.4) is 0 Å². The van der Waals surface area contributed by atoms with Crippen molar-refractivity contribution in [3.63, 3.8) is 0 Å². The smallest absolute Gasteiger partial charge is 0.225 e. The topological polar surface area (TPSA) is 46.3 Å². The van der Waals surface area contributed by atoms with E-state index >= 15 is 0 Å². The SMILES string of the molecule is CC(CN(C)C(=O)C1CC2CCC1C2)C(N)=S. The molecule has 17 heavy (non-hydrogen) atoms. The normalized spacial score (nSPS) is 32.5. The number of rotatable bonds is 4. The number of hydrogen-bond acceptors (Lipinski definition) is 2. The molecular formula is C13H22N2OS. The number of hydrogen-bond donors (Lipinski definition) is 1. The van der Waals surface area contributed by atoms with E-state index in [-0.39, 0.29) is 11.8 Å². The fourth-order valence-electron chi connectivity index (χ4n) is 3.42. The van der Waals surface area contributed by atoms with Crippen molar-refractivity contribution in [2.45, 2.75) is 32.6 Å². The Bertz CT molecular complexity index is 331. The lowest BCUT2D eigenvalue weighted by Gasteiger charge is -2.28. The highest BCUT2D eigenvalue weighted by atomic mass is 32.1. The van der Waals surface area contributed by atoms with Gasteiger partial charge in [0.2, 0.25) is 5.91 Å². The molecule has 0 spiro atoms. The minimum Gasteiger partial charge on any atom is -0.393 e. The van der Waals surface area contributed by atoms with Crippen molar-refractivity contribution in [3.05, 3.63) is 0 Å². The van der Waals surface area contributed by atoms with Gasteiger partial charge in [0.25, 0.3) is 0 Å². The van der Waals surface area contributed by atoms with Gasteiger partial charge in [-0.05, 0) is 31.1 Å². The van der Waals surface area contributed by atoms with Crippen LogP contribution in [-0.2, 0) is 4.79 Å². The fraction of sp³-hybridized carbons (Fsp3) is 0.846. The van der Waals surface area contributed by atoms with E-state index in [0.29, 0.717) is 23.4 Å². The van der Waals surface area contributed by atoms with E-state index in [9.17, 15) is 4.79 Å². The number of nitrogens with zero attached hydrogens (tertiary/aromatic N) is 1. The third-order valence-corrected chi connectivity index (χ3v) is 4.87. The van der Waals surface area contributed by atoms with Crippen molar-refractivity contribution in [3.8, 4) is 0 Å². The number of amides is 1. The molecule has 4 unspecified atom stereocenters. The van der Waals surface area contributed by atoms with Crippen molar-refractivity contribution in [2.75, 3.05) is 13.6 Å². The van der Waals surface area contributed by atoms with Gasteiger partial charge in [-0.15, -0.1) is 0 Å². The third-order valence-electron chi connectivity index (χ3n) is 4.46. The molecule has 0 aliphatic heterocycles. The average Bonchev–Trinajstić information content (AvgIpc) is 2.89. The molecule has 0 radical (unpaired) electrons. The molecular weight excluding hydrogens is 232 g/mol. The van der Waals surface area contributed by atoms with Crippen LogP contribution in [-0.4, -0.2) is 29.4 Å². The van der Waals surface area contributed by atoms with Gasteiger partial charge in [0.1, 0.15) is 0 Å². The summed E-state index contributed by atoms with van der Waals surface area (Å²) in [6, 6.07) is 0. The molecule has 0 aromatic rings. The summed E-state index contributed by atoms with van der Waals surface area (Å²) in [6.07, 6.45) is 4.96. The molecule has 2 saturated carbocycles. The molecule has 0 saturated heterocycles. The van der Waals surface area contributed by atoms with Crippen LogP contribution in [0.25, 0.3) is 0 Å². The Labute approximate surface area is 109 Å². The number of thiocarbonyl (C=S) groups is 1. The van der Waals surface area contributed by atoms with Gasteiger partial charge in [0.15, 0.2) is 0 Å². The highest BCUT2D eigenvalue weighted by Gasteiger charge is 2.43. The monoisotopic (exact) mass is 254 g/mol. The Hall–Kier alpha value is -0.640. The van der Waals surface area contributed by atoms with Crippen LogP contribution in [0.4, 0.5) is 0 Å². The van der Waals surface area contributed by atoms with E-state index in [1.807, 2.05) is 18.9 Å². The minimum atomic E-state index is 0.109. The molecule has 0 aromatic heterocycles. The van der Waals surface area contributed by atoms with Gasteiger partial charge in [-0.1, -0.05) is 25.6 Å². The van der Waals surface area contributed by atoms with Crippen molar-refractivity contribution in [1.29, 1.82) is 0 Å². The number of fused-ring (bicyclic) bond motifs is 2. The first-order valence-electron chi connectivity index (χ1n) is 6.53. The van der Waals surface area contributed by atoms with Crippen molar-refractivity contribution in [2.24, 2.45) is 29.4 Å². The standard InChI is InChI=1S/C13H22N2OS/c1-8(12(14)17)7-15(2)13(16)11-6-9-3-4-10(11)5-9/h8-11H,3-7H2,1-2H3,(H2,14,17). The zero-order chi connectivity index (χ0) is 12.6. The molecule has 2 bridgehead atoms. The summed E-state index contributed by atoms with van der Waals surface area (Å²) in [5.74, 6) is 2.15. The third kappa shape index (κ3) is 2.62. The maximum Gasteiger partial charge on any atom is 0.225 e. The molecule has 2 N–H and O–H groups in total. The van der Waals surface area contributed by atoms with Crippen molar-refractivity contribution in [1.82, 2.24) is 4.90 Å². The van der Waals surface area contributed by atoms with Crippen LogP contribution in [0.15, 0.2) is 0 Å². The van der Waals surface area contributed by atoms with Gasteiger partial charge in [-0.3, -0.25) is 4.79 Å². The molecule has 0 aromatic carbocycles. The van der Waals surface area contributed by atoms with Gasteiger partial charge < -0.3 is 10.6 Å². The highest BCUT2D eigenvalue weighted by molar-refractivity contribution is 7.80. The average molecular weight is 254 g/mol. The van der Waals surface area contributed by atoms with E-state index < -0.39 is 0 Å². The Balaban J connectivity index is 1.89. The summed E-state index contributed by atoms with van der Waals surface area (Å²) in [7, 11) is 1.88. The Kier molecular flexibility index (Phi) is 3.71. The number of carbonyl (C=O) groups excluding carboxylic acids is 1. The molecule has 3 nitrogen and oxygen atoms in total. The summed E-state index contributed by atoms with van der Waals surface area (Å²) in [5, 5.41) is 0. The molecule has 2 rings (SSSR count). The quantitative estimate of drug-likeness (QED) is 0.778. The van der Waals surface area contributed by atoms with E-state index in [0.717, 1.165) is 12.3 Å². The zero-order valence-electron chi connectivity index (χ0n) is 10.7. The summed E-state index contributed by atoms with van der Waals surface area (Å²) < 4.78 is 0. The Morgan fingerprint density at radius 2 is 2.18 bits per heavy atom. The molecule has 96 valence electrons. The predicted octanol–water partition coefficient (Wildman–Crippen LogP) is 1.80. The lowest BCUT2D eigenvalue weighted by atomic mass is 9.87. The second kappa shape index (κ2) is 4.92. The first kappa shape index (κ1) is 12.8. The molecule has 4 atom stereocenters. The zero-order valence-corrected chi connectivity index (χ0v) is 11.5. The Morgan fingerprint density at radius 3 is 2.65 bits per heavy atom. The maximum absolute atomic E-state index is 12.3. The van der Waals surface area contributed by atoms with Gasteiger partial charge in [-0.2, -0.15) is 0 Å². The second-order valence-corrected chi connectivity index (χ2v) is 6.27. The molecule has 2 aliphatic carbocycles. The van der Waals surface area contributed by atoms with Crippen LogP contribution >= 0.6 is 12.2 Å². The first-order valence-corrected chi connectivity index (χ1v) is 6.94. The molecule has 0 heterocycles. The van der Waals surface area contributed by atoms with Gasteiger partial charge >= 0.3 is 0 Å². The summed E-state index contributed by atoms with van der Waals surface area (Å²) in [5.41, 5.74) is 5.59. The second-order valence-electron chi connectivity index (χ2n) is 5.80. The molecule has 2 aliphatic rings. The van der Waals surface area contributed by atoms with E-state index in [1.54, 1.807) is 0 Å². The van der Waals surface area contributed by atoms with Gasteiger partial charge in [-0.25, -0.2) is 0 Å². The Morgan fingerprint density at radius 1 is 1.47 bits per heavy atom. The lowest BCUT2D eigenvalue weighted by molar-refractivity contribution is -0.136. The van der Waals surface area contributed by atoms with Crippen LogP contribution < -0.4 is 5.73 Å². The first-order chi connectivity index (χ1) is 7.99.